The van der Waals surface area contributed by atoms with Crippen LogP contribution in [0, 0.1) is 17.7 Å². The third-order valence-corrected chi connectivity index (χ3v) is 7.70. The predicted octanol–water partition coefficient (Wildman–Crippen LogP) is 3.24. The Kier molecular flexibility index (Phi) is 7.84. The Hall–Kier alpha value is -4.05. The van der Waals surface area contributed by atoms with Gasteiger partial charge < -0.3 is 20.2 Å². The van der Waals surface area contributed by atoms with E-state index >= 15 is 0 Å². The van der Waals surface area contributed by atoms with Crippen LogP contribution in [0.25, 0.3) is 0 Å². The lowest BCUT2D eigenvalue weighted by Gasteiger charge is -2.30. The number of benzene rings is 1. The van der Waals surface area contributed by atoms with Crippen LogP contribution in [0.2, 0.25) is 0 Å². The second-order valence-electron chi connectivity index (χ2n) is 10.9. The third kappa shape index (κ3) is 6.23. The zero-order valence-corrected chi connectivity index (χ0v) is 23.3. The molecule has 11 nitrogen and oxygen atoms in total. The van der Waals surface area contributed by atoms with E-state index in [2.05, 4.69) is 10.3 Å². The summed E-state index contributed by atoms with van der Waals surface area (Å²) in [7, 11) is -4.41. The summed E-state index contributed by atoms with van der Waals surface area (Å²) in [6, 6.07) is 2.24. The maximum absolute atomic E-state index is 14.6. The van der Waals surface area contributed by atoms with Gasteiger partial charge in [-0.05, 0) is 35.4 Å². The number of nitrogens with two attached hydrogens (primary N) is 1. The number of aromatic nitrogens is 1. The van der Waals surface area contributed by atoms with Crippen molar-refractivity contribution in [2.45, 2.75) is 37.9 Å². The number of rotatable bonds is 5. The Labute approximate surface area is 238 Å². The summed E-state index contributed by atoms with van der Waals surface area (Å²) in [5.41, 5.74) is -1.78. The first-order valence-corrected chi connectivity index (χ1v) is 13.9. The number of amides is 3. The highest BCUT2D eigenvalue weighted by Gasteiger charge is 2.43. The normalized spacial score (nSPS) is 17.5. The van der Waals surface area contributed by atoms with Crippen molar-refractivity contribution in [2.75, 3.05) is 25.0 Å². The van der Waals surface area contributed by atoms with E-state index in [1.54, 1.807) is 20.8 Å². The van der Waals surface area contributed by atoms with Crippen LogP contribution in [0.5, 0.6) is 0 Å². The van der Waals surface area contributed by atoms with Gasteiger partial charge in [0.05, 0.1) is 23.0 Å². The highest BCUT2D eigenvalue weighted by molar-refractivity contribution is 7.89. The van der Waals surface area contributed by atoms with Gasteiger partial charge in [-0.15, -0.1) is 0 Å². The largest absolute Gasteiger partial charge is 0.465 e. The quantitative estimate of drug-likeness (QED) is 0.345. The molecule has 1 atom stereocenters. The van der Waals surface area contributed by atoms with Gasteiger partial charge >= 0.3 is 12.3 Å². The van der Waals surface area contributed by atoms with Gasteiger partial charge in [0.2, 0.25) is 15.9 Å². The molecule has 4 rings (SSSR count). The summed E-state index contributed by atoms with van der Waals surface area (Å²) >= 11 is 0. The van der Waals surface area contributed by atoms with Crippen LogP contribution >= 0.6 is 0 Å². The first-order valence-electron chi connectivity index (χ1n) is 12.3. The van der Waals surface area contributed by atoms with E-state index in [-0.39, 0.29) is 36.6 Å². The van der Waals surface area contributed by atoms with Crippen molar-refractivity contribution in [1.29, 1.82) is 0 Å². The molecule has 225 valence electrons. The van der Waals surface area contributed by atoms with E-state index in [0.29, 0.717) is 29.5 Å². The smallest absolute Gasteiger partial charge is 0.417 e. The van der Waals surface area contributed by atoms with Gasteiger partial charge in [0.15, 0.2) is 0 Å². The zero-order chi connectivity index (χ0) is 31.4. The maximum Gasteiger partial charge on any atom is 0.417 e. The molecule has 0 saturated heterocycles. The Morgan fingerprint density at radius 1 is 1.12 bits per heavy atom. The number of hydrogen-bond donors (Lipinski definition) is 3. The van der Waals surface area contributed by atoms with Gasteiger partial charge in [0, 0.05) is 43.2 Å². The molecule has 3 amide bonds. The van der Waals surface area contributed by atoms with Crippen molar-refractivity contribution in [3.63, 3.8) is 0 Å². The monoisotopic (exact) mass is 612 g/mol. The van der Waals surface area contributed by atoms with Gasteiger partial charge in [0.1, 0.15) is 10.7 Å². The number of primary sulfonamides is 1. The number of anilines is 1. The molecule has 1 aromatic carbocycles. The Bertz CT molecular complexity index is 1620. The number of carboxylic acid groups (broad SMARTS) is 1. The van der Waals surface area contributed by atoms with Crippen molar-refractivity contribution in [1.82, 2.24) is 14.8 Å². The molecule has 2 aliphatic rings. The minimum atomic E-state index is -4.78. The highest BCUT2D eigenvalue weighted by atomic mass is 32.2. The fourth-order valence-electron chi connectivity index (χ4n) is 4.53. The number of carbonyl (C=O) groups excluding carboxylic acids is 2. The lowest BCUT2D eigenvalue weighted by Crippen LogP contribution is -2.42. The zero-order valence-electron chi connectivity index (χ0n) is 22.5. The Morgan fingerprint density at radius 2 is 1.79 bits per heavy atom. The molecule has 0 spiro atoms. The summed E-state index contributed by atoms with van der Waals surface area (Å²) in [5, 5.41) is 16.9. The van der Waals surface area contributed by atoms with Crippen LogP contribution in [0.1, 0.15) is 42.4 Å². The number of halogens is 4. The van der Waals surface area contributed by atoms with Crippen LogP contribution in [0.3, 0.4) is 0 Å². The first kappa shape index (κ1) is 30.9. The van der Waals surface area contributed by atoms with Gasteiger partial charge in [-0.25, -0.2) is 22.7 Å². The molecule has 1 radical (unpaired) electrons. The van der Waals surface area contributed by atoms with E-state index in [0.717, 1.165) is 17.0 Å². The summed E-state index contributed by atoms with van der Waals surface area (Å²) in [6.07, 6.45) is -4.13. The van der Waals surface area contributed by atoms with E-state index in [9.17, 15) is 45.5 Å². The lowest BCUT2D eigenvalue weighted by molar-refractivity contribution is -0.137. The molecule has 2 aliphatic heterocycles. The summed E-state index contributed by atoms with van der Waals surface area (Å²) in [6.45, 7) is 4.38. The van der Waals surface area contributed by atoms with Crippen molar-refractivity contribution in [2.24, 2.45) is 10.6 Å². The van der Waals surface area contributed by atoms with Crippen LogP contribution in [0.4, 0.5) is 28.0 Å². The topological polar surface area (TPSA) is 163 Å². The summed E-state index contributed by atoms with van der Waals surface area (Å²) in [5.74, 6) is -2.65. The average Bonchev–Trinajstić information content (AvgIpc) is 3.42. The number of sulfonamides is 1. The first-order chi connectivity index (χ1) is 19.3. The minimum Gasteiger partial charge on any atom is -0.465 e. The van der Waals surface area contributed by atoms with Crippen molar-refractivity contribution < 1.29 is 45.5 Å². The highest BCUT2D eigenvalue weighted by Crippen LogP contribution is 2.38. The van der Waals surface area contributed by atoms with E-state index in [1.807, 2.05) is 0 Å². The second kappa shape index (κ2) is 10.7. The number of pyridine rings is 1. The predicted molar refractivity (Wildman–Crippen MR) is 140 cm³/mol. The number of nitrogens with zero attached hydrogens (tertiary/aromatic N) is 3. The summed E-state index contributed by atoms with van der Waals surface area (Å²) < 4.78 is 78.2. The number of nitrogens with one attached hydrogen (secondary N) is 1. The average molecular weight is 613 g/mol. The standard InChI is InChI=1S/C26H26F4N5O6S/c1-25(2,3)23(37)33-19-7-15(26(28,29)30)9-32-18(19)8-20-16-12-34(24(38)39)10-14(16)11-35(20)22(36)13-4-5-21(17(27)6-13)42(31,40)41/h4-9,20H,10-12H2,1-3H3,(H,33,37)(H,38,39)(H2,31,40,41). The molecule has 3 heterocycles. The molecule has 42 heavy (non-hydrogen) atoms. The molecule has 0 bridgehead atoms. The molecule has 0 saturated carbocycles. The molecular formula is C26H26F4N5O6S. The van der Waals surface area contributed by atoms with Crippen molar-refractivity contribution in [3.8, 4) is 0 Å². The Balaban J connectivity index is 1.75. The molecule has 1 aromatic heterocycles. The molecule has 1 unspecified atom stereocenters. The molecule has 16 heteroatoms. The maximum atomic E-state index is 14.6. The van der Waals surface area contributed by atoms with Crippen LogP contribution < -0.4 is 10.5 Å². The molecule has 0 aliphatic carbocycles. The van der Waals surface area contributed by atoms with E-state index in [1.165, 1.54) is 11.3 Å². The minimum absolute atomic E-state index is 0.0500. The van der Waals surface area contributed by atoms with Crippen LogP contribution in [-0.2, 0) is 21.0 Å². The van der Waals surface area contributed by atoms with Crippen LogP contribution in [0.15, 0.2) is 46.5 Å². The van der Waals surface area contributed by atoms with Gasteiger partial charge in [-0.1, -0.05) is 20.8 Å². The third-order valence-electron chi connectivity index (χ3n) is 6.76. The molecule has 2 aromatic rings. The number of carbonyl (C=O) groups is 3. The number of alkyl halides is 3. The summed E-state index contributed by atoms with van der Waals surface area (Å²) in [4.78, 5) is 43.3. The van der Waals surface area contributed by atoms with Crippen LogP contribution in [-0.4, -0.2) is 71.9 Å². The fourth-order valence-corrected chi connectivity index (χ4v) is 5.12. The van der Waals surface area contributed by atoms with Gasteiger partial charge in [0.25, 0.3) is 5.91 Å². The van der Waals surface area contributed by atoms with E-state index in [4.69, 9.17) is 5.14 Å². The number of hydrogen-bond acceptors (Lipinski definition) is 6. The van der Waals surface area contributed by atoms with Crippen molar-refractivity contribution in [3.05, 3.63) is 70.7 Å². The Morgan fingerprint density at radius 3 is 2.33 bits per heavy atom. The SMILES string of the molecule is CC(C)(C)C(=O)Nc1cc(C(F)(F)F)cnc1[CH]C1C2=C(CN(C(=O)O)C2)CN1C(=O)c1ccc(S(N)(=O)=O)c(F)c1. The van der Waals surface area contributed by atoms with Gasteiger partial charge in [-0.2, -0.15) is 13.2 Å². The fraction of sp³-hybridized carbons (Fsp3) is 0.346. The van der Waals surface area contributed by atoms with Gasteiger partial charge in [-0.3, -0.25) is 14.6 Å². The van der Waals surface area contributed by atoms with E-state index < -0.39 is 61.8 Å². The molecule has 0 fully saturated rings. The second-order valence-corrected chi connectivity index (χ2v) is 12.4. The molecule has 4 N–H and O–H groups in total. The lowest BCUT2D eigenvalue weighted by atomic mass is 9.95. The molecular weight excluding hydrogens is 586 g/mol. The van der Waals surface area contributed by atoms with Crippen molar-refractivity contribution >= 4 is 33.6 Å².